The molecule has 2 aromatic rings. The maximum absolute atomic E-state index is 13.8. The van der Waals surface area contributed by atoms with Crippen molar-refractivity contribution in [2.75, 3.05) is 40.2 Å². The average Bonchev–Trinajstić information content (AvgIpc) is 3.22. The summed E-state index contributed by atoms with van der Waals surface area (Å²) in [6, 6.07) is 4.01. The fourth-order valence-electron chi connectivity index (χ4n) is 3.12. The van der Waals surface area contributed by atoms with E-state index in [9.17, 15) is 12.8 Å². The van der Waals surface area contributed by atoms with Gasteiger partial charge in [-0.15, -0.1) is 0 Å². The third-order valence-corrected chi connectivity index (χ3v) is 6.54. The summed E-state index contributed by atoms with van der Waals surface area (Å²) >= 11 is 0. The largest absolute Gasteiger partial charge is 0.496 e. The lowest BCUT2D eigenvalue weighted by molar-refractivity contribution is 0.182. The zero-order chi connectivity index (χ0) is 18.9. The van der Waals surface area contributed by atoms with Gasteiger partial charge in [-0.05, 0) is 18.2 Å². The van der Waals surface area contributed by atoms with Crippen molar-refractivity contribution in [3.8, 4) is 17.1 Å². The molecule has 2 heterocycles. The van der Waals surface area contributed by atoms with E-state index in [2.05, 4.69) is 4.98 Å². The Bertz CT molecular complexity index is 882. The summed E-state index contributed by atoms with van der Waals surface area (Å²) in [6.07, 6.45) is 3.36. The van der Waals surface area contributed by atoms with Gasteiger partial charge in [-0.25, -0.2) is 22.1 Å². The molecule has 1 aliphatic heterocycles. The van der Waals surface area contributed by atoms with Crippen molar-refractivity contribution in [3.05, 3.63) is 36.4 Å². The van der Waals surface area contributed by atoms with Crippen molar-refractivity contribution in [1.82, 2.24) is 13.9 Å². The minimum absolute atomic E-state index is 0.0252. The first-order valence-electron chi connectivity index (χ1n) is 8.18. The number of nitrogens with zero attached hydrogens (tertiary/aromatic N) is 3. The number of aromatic nitrogens is 2. The fourth-order valence-corrected chi connectivity index (χ4v) is 4.28. The molecule has 0 spiro atoms. The van der Waals surface area contributed by atoms with Crippen LogP contribution in [0.4, 0.5) is 4.39 Å². The molecule has 142 valence electrons. The summed E-state index contributed by atoms with van der Waals surface area (Å²) in [5.74, 6) is 0.363. The lowest BCUT2D eigenvalue weighted by atomic mass is 10.1. The predicted molar refractivity (Wildman–Crippen MR) is 95.0 cm³/mol. The van der Waals surface area contributed by atoms with Crippen LogP contribution >= 0.6 is 0 Å². The molecule has 1 aliphatic rings. The summed E-state index contributed by atoms with van der Waals surface area (Å²) < 4.78 is 52.3. The van der Waals surface area contributed by atoms with E-state index >= 15 is 0 Å². The van der Waals surface area contributed by atoms with Crippen LogP contribution in [0.25, 0.3) is 11.4 Å². The number of benzene rings is 1. The zero-order valence-electron chi connectivity index (χ0n) is 14.9. The molecule has 0 amide bonds. The van der Waals surface area contributed by atoms with Crippen LogP contribution in [-0.2, 0) is 14.8 Å². The summed E-state index contributed by atoms with van der Waals surface area (Å²) in [6.45, 7) is 0.713. The molecule has 7 nitrogen and oxygen atoms in total. The standard InChI is InChI=1S/C17H22FN3O4S/c1-20(2)26(22,23)11-12-9-25-10-15(12)21-7-6-19-17(21)14-8-13(18)4-5-16(14)24-3/h4-8,12,15H,9-11H2,1-3H3/t12-,15-/m1/s1. The Labute approximate surface area is 152 Å². The molecular formula is C17H22FN3O4S. The van der Waals surface area contributed by atoms with E-state index in [-0.39, 0.29) is 17.7 Å². The summed E-state index contributed by atoms with van der Waals surface area (Å²) in [4.78, 5) is 4.35. The van der Waals surface area contributed by atoms with Gasteiger partial charge in [-0.1, -0.05) is 0 Å². The molecular weight excluding hydrogens is 361 g/mol. The Hall–Kier alpha value is -1.97. The Balaban J connectivity index is 1.97. The number of methoxy groups -OCH3 is 1. The molecule has 0 saturated carbocycles. The number of ether oxygens (including phenoxy) is 2. The van der Waals surface area contributed by atoms with E-state index in [1.165, 1.54) is 37.6 Å². The van der Waals surface area contributed by atoms with Crippen molar-refractivity contribution in [1.29, 1.82) is 0 Å². The van der Waals surface area contributed by atoms with E-state index in [1.54, 1.807) is 18.5 Å². The second-order valence-corrected chi connectivity index (χ2v) is 8.66. The molecule has 26 heavy (non-hydrogen) atoms. The Morgan fingerprint density at radius 1 is 1.38 bits per heavy atom. The molecule has 0 bridgehead atoms. The quantitative estimate of drug-likeness (QED) is 0.760. The van der Waals surface area contributed by atoms with E-state index < -0.39 is 15.8 Å². The third kappa shape index (κ3) is 3.60. The normalized spacial score (nSPS) is 20.7. The van der Waals surface area contributed by atoms with E-state index in [4.69, 9.17) is 9.47 Å². The Morgan fingerprint density at radius 2 is 2.15 bits per heavy atom. The van der Waals surface area contributed by atoms with Gasteiger partial charge in [0.25, 0.3) is 0 Å². The molecule has 1 aromatic carbocycles. The van der Waals surface area contributed by atoms with Crippen molar-refractivity contribution >= 4 is 10.0 Å². The maximum atomic E-state index is 13.8. The Morgan fingerprint density at radius 3 is 2.85 bits per heavy atom. The summed E-state index contributed by atoms with van der Waals surface area (Å²) in [7, 11) is 1.17. The van der Waals surface area contributed by atoms with Crippen LogP contribution in [0, 0.1) is 11.7 Å². The highest BCUT2D eigenvalue weighted by molar-refractivity contribution is 7.89. The monoisotopic (exact) mass is 383 g/mol. The van der Waals surface area contributed by atoms with Crippen LogP contribution in [0.15, 0.2) is 30.6 Å². The second kappa shape index (κ2) is 7.34. The first-order valence-corrected chi connectivity index (χ1v) is 9.79. The van der Waals surface area contributed by atoms with Crippen molar-refractivity contribution in [2.45, 2.75) is 6.04 Å². The van der Waals surface area contributed by atoms with Crippen LogP contribution in [0.3, 0.4) is 0 Å². The number of hydrogen-bond donors (Lipinski definition) is 0. The molecule has 3 rings (SSSR count). The number of halogens is 1. The third-order valence-electron chi connectivity index (χ3n) is 4.57. The molecule has 0 aliphatic carbocycles. The van der Waals surface area contributed by atoms with Gasteiger partial charge in [0.15, 0.2) is 0 Å². The van der Waals surface area contributed by atoms with Crippen LogP contribution < -0.4 is 4.74 Å². The number of hydrogen-bond acceptors (Lipinski definition) is 5. The van der Waals surface area contributed by atoms with Crippen LogP contribution in [0.1, 0.15) is 6.04 Å². The first kappa shape index (κ1) is 18.8. The lowest BCUT2D eigenvalue weighted by Crippen LogP contribution is -2.32. The molecule has 0 N–H and O–H groups in total. The predicted octanol–water partition coefficient (Wildman–Crippen LogP) is 1.78. The van der Waals surface area contributed by atoms with E-state index in [1.807, 2.05) is 4.57 Å². The fraction of sp³-hybridized carbons (Fsp3) is 0.471. The molecule has 0 radical (unpaired) electrons. The Kier molecular flexibility index (Phi) is 5.31. The maximum Gasteiger partial charge on any atom is 0.214 e. The number of sulfonamides is 1. The van der Waals surface area contributed by atoms with E-state index in [0.717, 1.165) is 0 Å². The molecule has 0 unspecified atom stereocenters. The smallest absolute Gasteiger partial charge is 0.214 e. The van der Waals surface area contributed by atoms with Gasteiger partial charge in [0.2, 0.25) is 10.0 Å². The van der Waals surface area contributed by atoms with Gasteiger partial charge in [-0.3, -0.25) is 0 Å². The van der Waals surface area contributed by atoms with Crippen LogP contribution in [0.2, 0.25) is 0 Å². The molecule has 2 atom stereocenters. The highest BCUT2D eigenvalue weighted by Gasteiger charge is 2.35. The summed E-state index contributed by atoms with van der Waals surface area (Å²) in [5, 5.41) is 0. The molecule has 1 saturated heterocycles. The van der Waals surface area contributed by atoms with Crippen LogP contribution in [-0.4, -0.2) is 62.4 Å². The average molecular weight is 383 g/mol. The van der Waals surface area contributed by atoms with Gasteiger partial charge in [0, 0.05) is 32.4 Å². The van der Waals surface area contributed by atoms with Gasteiger partial charge in [0.1, 0.15) is 17.4 Å². The van der Waals surface area contributed by atoms with E-state index in [0.29, 0.717) is 30.4 Å². The lowest BCUT2D eigenvalue weighted by Gasteiger charge is -2.23. The van der Waals surface area contributed by atoms with Crippen molar-refractivity contribution < 1.29 is 22.3 Å². The van der Waals surface area contributed by atoms with Gasteiger partial charge in [-0.2, -0.15) is 0 Å². The first-order chi connectivity index (χ1) is 12.3. The van der Waals surface area contributed by atoms with Gasteiger partial charge < -0.3 is 14.0 Å². The molecule has 9 heteroatoms. The molecule has 1 aromatic heterocycles. The highest BCUT2D eigenvalue weighted by atomic mass is 32.2. The topological polar surface area (TPSA) is 73.7 Å². The van der Waals surface area contributed by atoms with Crippen molar-refractivity contribution in [3.63, 3.8) is 0 Å². The minimum Gasteiger partial charge on any atom is -0.496 e. The zero-order valence-corrected chi connectivity index (χ0v) is 15.7. The van der Waals surface area contributed by atoms with Crippen LogP contribution in [0.5, 0.6) is 5.75 Å². The van der Waals surface area contributed by atoms with Gasteiger partial charge >= 0.3 is 0 Å². The van der Waals surface area contributed by atoms with Crippen molar-refractivity contribution in [2.24, 2.45) is 5.92 Å². The number of rotatable bonds is 6. The SMILES string of the molecule is COc1ccc(F)cc1-c1nccn1[C@@H]1COC[C@@H]1CS(=O)(=O)N(C)C. The van der Waals surface area contributed by atoms with Gasteiger partial charge in [0.05, 0.1) is 37.7 Å². The minimum atomic E-state index is -3.37. The summed E-state index contributed by atoms with van der Waals surface area (Å²) in [5.41, 5.74) is 0.513. The second-order valence-electron chi connectivity index (χ2n) is 6.43. The highest BCUT2D eigenvalue weighted by Crippen LogP contribution is 2.35. The molecule has 1 fully saturated rings. The number of imidazole rings is 1.